The van der Waals surface area contributed by atoms with Crippen molar-refractivity contribution in [3.05, 3.63) is 23.8 Å². The highest BCUT2D eigenvalue weighted by Crippen LogP contribution is 2.32. The molecule has 1 heterocycles. The number of para-hydroxylation sites is 1. The fourth-order valence-corrected chi connectivity index (χ4v) is 2.59. The van der Waals surface area contributed by atoms with Gasteiger partial charge in [-0.1, -0.05) is 6.07 Å². The van der Waals surface area contributed by atoms with Gasteiger partial charge in [-0.25, -0.2) is 0 Å². The van der Waals surface area contributed by atoms with E-state index in [1.54, 1.807) is 19.2 Å². The Hall–Kier alpha value is -1.55. The van der Waals surface area contributed by atoms with E-state index in [9.17, 15) is 4.79 Å². The number of benzene rings is 1. The lowest BCUT2D eigenvalue weighted by molar-refractivity contribution is 0.0812. The van der Waals surface area contributed by atoms with Crippen LogP contribution in [0, 0.1) is 0 Å². The molecule has 0 aromatic heterocycles. The standard InChI is InChI=1S/C16H23NO3/c1-12(2)17-9-7-14(8-10-17)20-16-13(11-18)5-4-6-15(16)19-3/h4-6,11-12,14H,7-10H2,1-3H3. The van der Waals surface area contributed by atoms with Crippen molar-refractivity contribution in [2.75, 3.05) is 20.2 Å². The molecule has 0 amide bonds. The quantitative estimate of drug-likeness (QED) is 0.776. The monoisotopic (exact) mass is 277 g/mol. The lowest BCUT2D eigenvalue weighted by Crippen LogP contribution is -2.41. The first kappa shape index (κ1) is 14.9. The van der Waals surface area contributed by atoms with Crippen LogP contribution < -0.4 is 9.47 Å². The summed E-state index contributed by atoms with van der Waals surface area (Å²) in [7, 11) is 1.60. The predicted octanol–water partition coefficient (Wildman–Crippen LogP) is 2.76. The number of nitrogens with zero attached hydrogens (tertiary/aromatic N) is 1. The van der Waals surface area contributed by atoms with Crippen LogP contribution in [0.1, 0.15) is 37.0 Å². The van der Waals surface area contributed by atoms with Gasteiger partial charge in [-0.05, 0) is 38.8 Å². The maximum atomic E-state index is 11.1. The Kier molecular flexibility index (Phi) is 5.01. The minimum atomic E-state index is 0.153. The summed E-state index contributed by atoms with van der Waals surface area (Å²) in [4.78, 5) is 13.6. The molecule has 4 heteroatoms. The van der Waals surface area contributed by atoms with Gasteiger partial charge in [0.05, 0.1) is 12.7 Å². The van der Waals surface area contributed by atoms with Crippen LogP contribution in [0.15, 0.2) is 18.2 Å². The Labute approximate surface area is 120 Å². The summed E-state index contributed by atoms with van der Waals surface area (Å²) in [6.45, 7) is 6.50. The fourth-order valence-electron chi connectivity index (χ4n) is 2.59. The summed E-state index contributed by atoms with van der Waals surface area (Å²) in [5, 5.41) is 0. The van der Waals surface area contributed by atoms with Crippen LogP contribution in [-0.2, 0) is 0 Å². The summed E-state index contributed by atoms with van der Waals surface area (Å²) in [5.74, 6) is 1.20. The molecule has 1 aliphatic heterocycles. The number of piperidine rings is 1. The van der Waals surface area contributed by atoms with E-state index in [1.807, 2.05) is 6.07 Å². The van der Waals surface area contributed by atoms with E-state index < -0.39 is 0 Å². The number of likely N-dealkylation sites (tertiary alicyclic amines) is 1. The summed E-state index contributed by atoms with van der Waals surface area (Å²) >= 11 is 0. The van der Waals surface area contributed by atoms with Gasteiger partial charge in [0.25, 0.3) is 0 Å². The van der Waals surface area contributed by atoms with Gasteiger partial charge in [-0.3, -0.25) is 4.79 Å². The van der Waals surface area contributed by atoms with E-state index in [0.29, 0.717) is 23.1 Å². The smallest absolute Gasteiger partial charge is 0.172 e. The SMILES string of the molecule is COc1cccc(C=O)c1OC1CCN(C(C)C)CC1. The Morgan fingerprint density at radius 1 is 1.30 bits per heavy atom. The van der Waals surface area contributed by atoms with Gasteiger partial charge in [-0.15, -0.1) is 0 Å². The second-order valence-electron chi connectivity index (χ2n) is 5.44. The molecule has 1 aromatic carbocycles. The van der Waals surface area contributed by atoms with Gasteiger partial charge < -0.3 is 14.4 Å². The van der Waals surface area contributed by atoms with Crippen molar-refractivity contribution in [3.63, 3.8) is 0 Å². The molecule has 0 atom stereocenters. The van der Waals surface area contributed by atoms with Crippen LogP contribution in [-0.4, -0.2) is 43.5 Å². The maximum Gasteiger partial charge on any atom is 0.172 e. The normalized spacial score (nSPS) is 17.2. The molecule has 0 bridgehead atoms. The third kappa shape index (κ3) is 3.31. The van der Waals surface area contributed by atoms with Gasteiger partial charge in [-0.2, -0.15) is 0 Å². The molecule has 0 N–H and O–H groups in total. The van der Waals surface area contributed by atoms with Gasteiger partial charge in [0.15, 0.2) is 17.8 Å². The van der Waals surface area contributed by atoms with Gasteiger partial charge in [0.1, 0.15) is 6.10 Å². The minimum Gasteiger partial charge on any atom is -0.493 e. The van der Waals surface area contributed by atoms with Crippen LogP contribution >= 0.6 is 0 Å². The molecule has 2 rings (SSSR count). The number of aldehydes is 1. The average Bonchev–Trinajstić information content (AvgIpc) is 2.48. The van der Waals surface area contributed by atoms with Gasteiger partial charge in [0, 0.05) is 19.1 Å². The third-order valence-electron chi connectivity index (χ3n) is 3.85. The number of ether oxygens (including phenoxy) is 2. The minimum absolute atomic E-state index is 0.153. The third-order valence-corrected chi connectivity index (χ3v) is 3.85. The first-order chi connectivity index (χ1) is 9.65. The molecule has 1 aliphatic rings. The molecular weight excluding hydrogens is 254 g/mol. The molecule has 0 spiro atoms. The average molecular weight is 277 g/mol. The lowest BCUT2D eigenvalue weighted by Gasteiger charge is -2.34. The Balaban J connectivity index is 2.06. The summed E-state index contributed by atoms with van der Waals surface area (Å²) < 4.78 is 11.3. The van der Waals surface area contributed by atoms with E-state index >= 15 is 0 Å². The highest BCUT2D eigenvalue weighted by Gasteiger charge is 2.23. The van der Waals surface area contributed by atoms with Crippen molar-refractivity contribution < 1.29 is 14.3 Å². The van der Waals surface area contributed by atoms with E-state index in [0.717, 1.165) is 32.2 Å². The molecule has 1 aromatic rings. The molecular formula is C16H23NO3. The van der Waals surface area contributed by atoms with Crippen molar-refractivity contribution in [1.29, 1.82) is 0 Å². The largest absolute Gasteiger partial charge is 0.493 e. The van der Waals surface area contributed by atoms with E-state index in [4.69, 9.17) is 9.47 Å². The predicted molar refractivity (Wildman–Crippen MR) is 78.7 cm³/mol. The second kappa shape index (κ2) is 6.75. The number of carbonyl (C=O) groups excluding carboxylic acids is 1. The van der Waals surface area contributed by atoms with E-state index in [-0.39, 0.29) is 6.10 Å². The van der Waals surface area contributed by atoms with Crippen molar-refractivity contribution in [2.24, 2.45) is 0 Å². The molecule has 110 valence electrons. The summed E-state index contributed by atoms with van der Waals surface area (Å²) in [5.41, 5.74) is 0.552. The van der Waals surface area contributed by atoms with Gasteiger partial charge >= 0.3 is 0 Å². The van der Waals surface area contributed by atoms with Crippen molar-refractivity contribution in [3.8, 4) is 11.5 Å². The van der Waals surface area contributed by atoms with Crippen LogP contribution in [0.4, 0.5) is 0 Å². The molecule has 1 fully saturated rings. The van der Waals surface area contributed by atoms with Crippen molar-refractivity contribution in [1.82, 2.24) is 4.90 Å². The highest BCUT2D eigenvalue weighted by atomic mass is 16.5. The fraction of sp³-hybridized carbons (Fsp3) is 0.562. The zero-order chi connectivity index (χ0) is 14.5. The van der Waals surface area contributed by atoms with E-state index in [2.05, 4.69) is 18.7 Å². The molecule has 0 saturated carbocycles. The van der Waals surface area contributed by atoms with Crippen LogP contribution in [0.2, 0.25) is 0 Å². The topological polar surface area (TPSA) is 38.8 Å². The number of hydrogen-bond donors (Lipinski definition) is 0. The molecule has 4 nitrogen and oxygen atoms in total. The van der Waals surface area contributed by atoms with Crippen LogP contribution in [0.3, 0.4) is 0 Å². The second-order valence-corrected chi connectivity index (χ2v) is 5.44. The highest BCUT2D eigenvalue weighted by molar-refractivity contribution is 5.81. The summed E-state index contributed by atoms with van der Waals surface area (Å²) in [6.07, 6.45) is 2.93. The zero-order valence-corrected chi connectivity index (χ0v) is 12.5. The molecule has 0 radical (unpaired) electrons. The van der Waals surface area contributed by atoms with Crippen LogP contribution in [0.5, 0.6) is 11.5 Å². The zero-order valence-electron chi connectivity index (χ0n) is 12.5. The number of rotatable bonds is 5. The number of hydrogen-bond acceptors (Lipinski definition) is 4. The Bertz CT molecular complexity index is 451. The molecule has 0 aliphatic carbocycles. The number of methoxy groups -OCH3 is 1. The first-order valence-corrected chi connectivity index (χ1v) is 7.18. The summed E-state index contributed by atoms with van der Waals surface area (Å²) in [6, 6.07) is 5.96. The Morgan fingerprint density at radius 2 is 2.00 bits per heavy atom. The number of carbonyl (C=O) groups is 1. The van der Waals surface area contributed by atoms with Crippen molar-refractivity contribution >= 4 is 6.29 Å². The maximum absolute atomic E-state index is 11.1. The molecule has 20 heavy (non-hydrogen) atoms. The molecule has 1 saturated heterocycles. The van der Waals surface area contributed by atoms with Crippen molar-refractivity contribution in [2.45, 2.75) is 38.8 Å². The van der Waals surface area contributed by atoms with Crippen LogP contribution in [0.25, 0.3) is 0 Å². The van der Waals surface area contributed by atoms with Gasteiger partial charge in [0.2, 0.25) is 0 Å². The Morgan fingerprint density at radius 3 is 2.55 bits per heavy atom. The molecule has 0 unspecified atom stereocenters. The van der Waals surface area contributed by atoms with E-state index in [1.165, 1.54) is 0 Å². The first-order valence-electron chi connectivity index (χ1n) is 7.18. The lowest BCUT2D eigenvalue weighted by atomic mass is 10.1.